The number of aromatic nitrogens is 2. The van der Waals surface area contributed by atoms with E-state index in [1.165, 1.54) is 5.69 Å². The summed E-state index contributed by atoms with van der Waals surface area (Å²) in [5.74, 6) is -2.98. The molecular weight excluding hydrogens is 362 g/mol. The normalized spacial score (nSPS) is 18.5. The number of hydrogen-bond donors (Lipinski definition) is 1. The number of alkyl halides is 2. The van der Waals surface area contributed by atoms with E-state index in [-0.39, 0.29) is 31.1 Å². The van der Waals surface area contributed by atoms with Crippen molar-refractivity contribution in [2.75, 3.05) is 16.8 Å². The quantitative estimate of drug-likeness (QED) is 0.854. The van der Waals surface area contributed by atoms with Crippen molar-refractivity contribution in [3.63, 3.8) is 0 Å². The minimum Gasteiger partial charge on any atom is -0.364 e. The van der Waals surface area contributed by atoms with Crippen molar-refractivity contribution in [1.29, 1.82) is 0 Å². The zero-order chi connectivity index (χ0) is 20.1. The molecule has 5 nitrogen and oxygen atoms in total. The van der Waals surface area contributed by atoms with Gasteiger partial charge in [0, 0.05) is 37.2 Å². The van der Waals surface area contributed by atoms with Gasteiger partial charge in [-0.25, -0.2) is 8.78 Å². The number of aryl methyl sites for hydroxylation is 3. The first-order valence-electron chi connectivity index (χ1n) is 9.77. The van der Waals surface area contributed by atoms with Crippen LogP contribution in [0.3, 0.4) is 0 Å². The summed E-state index contributed by atoms with van der Waals surface area (Å²) in [6, 6.07) is 6.28. The second kappa shape index (κ2) is 6.87. The van der Waals surface area contributed by atoms with Crippen molar-refractivity contribution >= 4 is 17.3 Å². The number of amides is 1. The largest absolute Gasteiger partial charge is 0.364 e. The molecule has 2 aliphatic rings. The van der Waals surface area contributed by atoms with Crippen LogP contribution in [0.25, 0.3) is 0 Å². The maximum absolute atomic E-state index is 13.0. The fourth-order valence-electron chi connectivity index (χ4n) is 4.33. The number of anilines is 2. The molecule has 1 aromatic heterocycles. The molecule has 0 saturated heterocycles. The number of nitrogens with one attached hydrogen (secondary N) is 1. The third kappa shape index (κ3) is 3.75. The second-order valence-electron chi connectivity index (χ2n) is 8.26. The summed E-state index contributed by atoms with van der Waals surface area (Å²) >= 11 is 0. The van der Waals surface area contributed by atoms with Crippen LogP contribution in [0, 0.1) is 26.7 Å². The number of fused-ring (bicyclic) bond motifs is 1. The SMILES string of the molecule is Cc1cc2n(n1)CCN(c1cc(C)c(NC(=O)CC3CC(F)(F)C3)c(C)c1)C2. The van der Waals surface area contributed by atoms with Crippen LogP contribution >= 0.6 is 0 Å². The molecule has 0 spiro atoms. The smallest absolute Gasteiger partial charge is 0.248 e. The van der Waals surface area contributed by atoms with Gasteiger partial charge in [-0.3, -0.25) is 9.48 Å². The molecule has 0 atom stereocenters. The molecule has 28 heavy (non-hydrogen) atoms. The van der Waals surface area contributed by atoms with E-state index >= 15 is 0 Å². The van der Waals surface area contributed by atoms with Crippen molar-refractivity contribution in [3.8, 4) is 0 Å². The van der Waals surface area contributed by atoms with Crippen LogP contribution < -0.4 is 10.2 Å². The molecule has 1 fully saturated rings. The number of nitrogens with zero attached hydrogens (tertiary/aromatic N) is 3. The lowest BCUT2D eigenvalue weighted by Gasteiger charge is -2.34. The molecule has 1 saturated carbocycles. The number of halogens is 2. The van der Waals surface area contributed by atoms with Gasteiger partial charge in [-0.2, -0.15) is 5.10 Å². The predicted molar refractivity (Wildman–Crippen MR) is 105 cm³/mol. The van der Waals surface area contributed by atoms with E-state index < -0.39 is 5.92 Å². The first-order valence-corrected chi connectivity index (χ1v) is 9.77. The molecule has 0 bridgehead atoms. The number of carbonyl (C=O) groups is 1. The lowest BCUT2D eigenvalue weighted by Crippen LogP contribution is -2.37. The van der Waals surface area contributed by atoms with Crippen LogP contribution in [0.1, 0.15) is 41.8 Å². The van der Waals surface area contributed by atoms with Crippen LogP contribution in [-0.2, 0) is 17.9 Å². The van der Waals surface area contributed by atoms with Gasteiger partial charge >= 0.3 is 0 Å². The number of carbonyl (C=O) groups excluding carboxylic acids is 1. The van der Waals surface area contributed by atoms with E-state index in [0.29, 0.717) is 0 Å². The molecule has 2 aromatic rings. The standard InChI is InChI=1S/C21H26F2N4O/c1-13-6-17(26-4-5-27-18(12-26)8-15(3)25-27)7-14(2)20(13)24-19(28)9-16-10-21(22,23)11-16/h6-8,16H,4-5,9-12H2,1-3H3,(H,24,28). The fourth-order valence-corrected chi connectivity index (χ4v) is 4.33. The molecule has 7 heteroatoms. The van der Waals surface area contributed by atoms with Gasteiger partial charge in [0.2, 0.25) is 11.8 Å². The van der Waals surface area contributed by atoms with E-state index in [4.69, 9.17) is 0 Å². The molecule has 4 rings (SSSR count). The fraction of sp³-hybridized carbons (Fsp3) is 0.524. The first-order chi connectivity index (χ1) is 13.2. The zero-order valence-corrected chi connectivity index (χ0v) is 16.6. The van der Waals surface area contributed by atoms with Crippen molar-refractivity contribution in [2.45, 2.75) is 59.0 Å². The monoisotopic (exact) mass is 388 g/mol. The number of hydrogen-bond acceptors (Lipinski definition) is 3. The zero-order valence-electron chi connectivity index (χ0n) is 16.6. The summed E-state index contributed by atoms with van der Waals surface area (Å²) in [7, 11) is 0. The highest BCUT2D eigenvalue weighted by Crippen LogP contribution is 2.44. The Balaban J connectivity index is 1.44. The Hall–Kier alpha value is -2.44. The first kappa shape index (κ1) is 18.9. The van der Waals surface area contributed by atoms with Gasteiger partial charge < -0.3 is 10.2 Å². The summed E-state index contributed by atoms with van der Waals surface area (Å²) in [5, 5.41) is 7.44. The molecular formula is C21H26F2N4O. The van der Waals surface area contributed by atoms with Crippen LogP contribution in [-0.4, -0.2) is 28.2 Å². The lowest BCUT2D eigenvalue weighted by atomic mass is 9.79. The van der Waals surface area contributed by atoms with Gasteiger partial charge in [0.05, 0.1) is 24.5 Å². The Kier molecular flexibility index (Phi) is 4.63. The Morgan fingerprint density at radius 1 is 1.18 bits per heavy atom. The molecule has 1 aliphatic heterocycles. The second-order valence-corrected chi connectivity index (χ2v) is 8.26. The Morgan fingerprint density at radius 2 is 1.86 bits per heavy atom. The lowest BCUT2D eigenvalue weighted by molar-refractivity contribution is -0.129. The average Bonchev–Trinajstić information content (AvgIpc) is 2.95. The van der Waals surface area contributed by atoms with Crippen molar-refractivity contribution in [3.05, 3.63) is 40.7 Å². The molecule has 1 aromatic carbocycles. The third-order valence-corrected chi connectivity index (χ3v) is 5.72. The Bertz CT molecular complexity index is 890. The van der Waals surface area contributed by atoms with E-state index in [0.717, 1.165) is 47.8 Å². The molecule has 0 radical (unpaired) electrons. The van der Waals surface area contributed by atoms with E-state index in [2.05, 4.69) is 38.2 Å². The Morgan fingerprint density at radius 3 is 2.50 bits per heavy atom. The molecule has 0 unspecified atom stereocenters. The van der Waals surface area contributed by atoms with Gasteiger partial charge in [-0.05, 0) is 56.0 Å². The average molecular weight is 388 g/mol. The summed E-state index contributed by atoms with van der Waals surface area (Å²) in [5.41, 5.74) is 6.12. The molecule has 150 valence electrons. The number of rotatable bonds is 4. The van der Waals surface area contributed by atoms with Crippen molar-refractivity contribution < 1.29 is 13.6 Å². The molecule has 1 aliphatic carbocycles. The van der Waals surface area contributed by atoms with Crippen LogP contribution in [0.15, 0.2) is 18.2 Å². The van der Waals surface area contributed by atoms with E-state index in [9.17, 15) is 13.6 Å². The summed E-state index contributed by atoms with van der Waals surface area (Å²) in [6.45, 7) is 8.50. The van der Waals surface area contributed by atoms with Crippen LogP contribution in [0.2, 0.25) is 0 Å². The third-order valence-electron chi connectivity index (χ3n) is 5.72. The number of benzene rings is 1. The summed E-state index contributed by atoms with van der Waals surface area (Å²) in [6.07, 6.45) is -0.198. The highest BCUT2D eigenvalue weighted by molar-refractivity contribution is 5.93. The van der Waals surface area contributed by atoms with Gasteiger partial charge in [0.15, 0.2) is 0 Å². The van der Waals surface area contributed by atoms with Gasteiger partial charge in [-0.1, -0.05) is 0 Å². The Labute approximate surface area is 163 Å². The highest BCUT2D eigenvalue weighted by atomic mass is 19.3. The van der Waals surface area contributed by atoms with Crippen molar-refractivity contribution in [2.24, 2.45) is 5.92 Å². The highest BCUT2D eigenvalue weighted by Gasteiger charge is 2.45. The van der Waals surface area contributed by atoms with Gasteiger partial charge in [0.1, 0.15) is 0 Å². The predicted octanol–water partition coefficient (Wildman–Crippen LogP) is 4.20. The van der Waals surface area contributed by atoms with Gasteiger partial charge in [-0.15, -0.1) is 0 Å². The minimum absolute atomic E-state index is 0.158. The maximum atomic E-state index is 13.0. The van der Waals surface area contributed by atoms with E-state index in [1.807, 2.05) is 20.8 Å². The topological polar surface area (TPSA) is 50.2 Å². The van der Waals surface area contributed by atoms with Crippen LogP contribution in [0.4, 0.5) is 20.2 Å². The molecule has 1 N–H and O–H groups in total. The van der Waals surface area contributed by atoms with Gasteiger partial charge in [0.25, 0.3) is 0 Å². The van der Waals surface area contributed by atoms with E-state index in [1.54, 1.807) is 0 Å². The minimum atomic E-state index is -2.58. The van der Waals surface area contributed by atoms with Crippen LogP contribution in [0.5, 0.6) is 0 Å². The molecule has 1 amide bonds. The summed E-state index contributed by atoms with van der Waals surface area (Å²) in [4.78, 5) is 14.6. The summed E-state index contributed by atoms with van der Waals surface area (Å²) < 4.78 is 28.0. The maximum Gasteiger partial charge on any atom is 0.248 e. The van der Waals surface area contributed by atoms with Crippen molar-refractivity contribution in [1.82, 2.24) is 9.78 Å². The molecule has 2 heterocycles.